The van der Waals surface area contributed by atoms with Gasteiger partial charge in [0.05, 0.1) is 20.2 Å². The first-order valence-corrected chi connectivity index (χ1v) is 7.11. The predicted octanol–water partition coefficient (Wildman–Crippen LogP) is 0.886. The van der Waals surface area contributed by atoms with Crippen molar-refractivity contribution in [3.05, 3.63) is 29.8 Å². The van der Waals surface area contributed by atoms with Crippen molar-refractivity contribution in [1.82, 2.24) is 16.0 Å². The quantitative estimate of drug-likeness (QED) is 0.515. The Bertz CT molecular complexity index is 457. The van der Waals surface area contributed by atoms with Crippen LogP contribution in [0.15, 0.2) is 29.3 Å². The minimum absolute atomic E-state index is 0.0486. The highest BCUT2D eigenvalue weighted by atomic mass is 16.5. The fourth-order valence-electron chi connectivity index (χ4n) is 1.67. The summed E-state index contributed by atoms with van der Waals surface area (Å²) in [4.78, 5) is 15.9. The highest BCUT2D eigenvalue weighted by Gasteiger charge is 2.02. The van der Waals surface area contributed by atoms with E-state index in [1.54, 1.807) is 7.11 Å². The number of guanidine groups is 1. The lowest BCUT2D eigenvalue weighted by molar-refractivity contribution is -0.119. The maximum atomic E-state index is 11.4. The van der Waals surface area contributed by atoms with Gasteiger partial charge in [0.1, 0.15) is 5.75 Å². The molecule has 0 aromatic heterocycles. The molecule has 1 amide bonds. The minimum atomic E-state index is -0.0486. The summed E-state index contributed by atoms with van der Waals surface area (Å²) in [5.41, 5.74) is 1.08. The molecule has 0 atom stereocenters. The molecule has 1 aromatic carbocycles. The van der Waals surface area contributed by atoms with E-state index in [-0.39, 0.29) is 12.5 Å². The van der Waals surface area contributed by atoms with Crippen molar-refractivity contribution in [3.63, 3.8) is 0 Å². The summed E-state index contributed by atoms with van der Waals surface area (Å²) in [7, 11) is 1.64. The molecule has 0 aliphatic carbocycles. The second-order valence-electron chi connectivity index (χ2n) is 4.35. The lowest BCUT2D eigenvalue weighted by atomic mass is 10.2. The molecule has 0 spiro atoms. The first-order chi connectivity index (χ1) is 10.2. The predicted molar refractivity (Wildman–Crippen MR) is 84.5 cm³/mol. The first kappa shape index (κ1) is 16.8. The number of ether oxygens (including phenoxy) is 1. The number of hydrogen-bond donors (Lipinski definition) is 3. The summed E-state index contributed by atoms with van der Waals surface area (Å²) < 4.78 is 5.12. The smallest absolute Gasteiger partial charge is 0.239 e. The Morgan fingerprint density at radius 1 is 1.10 bits per heavy atom. The van der Waals surface area contributed by atoms with Crippen molar-refractivity contribution in [3.8, 4) is 5.75 Å². The van der Waals surface area contributed by atoms with Crippen LogP contribution in [0, 0.1) is 0 Å². The van der Waals surface area contributed by atoms with Crippen LogP contribution in [0.25, 0.3) is 0 Å². The van der Waals surface area contributed by atoms with Crippen LogP contribution in [0.5, 0.6) is 5.75 Å². The van der Waals surface area contributed by atoms with Gasteiger partial charge in [-0.2, -0.15) is 0 Å². The Morgan fingerprint density at radius 3 is 2.33 bits per heavy atom. The van der Waals surface area contributed by atoms with Crippen LogP contribution in [0.3, 0.4) is 0 Å². The van der Waals surface area contributed by atoms with Crippen LogP contribution in [-0.4, -0.2) is 38.6 Å². The fraction of sp³-hybridized carbons (Fsp3) is 0.467. The van der Waals surface area contributed by atoms with Gasteiger partial charge in [-0.15, -0.1) is 0 Å². The van der Waals surface area contributed by atoms with Crippen molar-refractivity contribution >= 4 is 11.9 Å². The standard InChI is InChI=1S/C15H24N4O2/c1-4-16-14(20)11-19-15(17-5-2)18-10-12-6-8-13(21-3)9-7-12/h6-9H,4-5,10-11H2,1-3H3,(H,16,20)(H2,17,18,19). The molecule has 0 bridgehead atoms. The van der Waals surface area contributed by atoms with E-state index in [2.05, 4.69) is 20.9 Å². The number of carbonyl (C=O) groups is 1. The van der Waals surface area contributed by atoms with E-state index >= 15 is 0 Å². The topological polar surface area (TPSA) is 74.8 Å². The normalized spacial score (nSPS) is 10.9. The molecule has 3 N–H and O–H groups in total. The third-order valence-electron chi connectivity index (χ3n) is 2.71. The number of methoxy groups -OCH3 is 1. The Hall–Kier alpha value is -2.24. The second kappa shape index (κ2) is 9.63. The number of rotatable bonds is 7. The molecule has 6 nitrogen and oxygen atoms in total. The zero-order valence-electron chi connectivity index (χ0n) is 12.9. The molecule has 1 rings (SSSR count). The van der Waals surface area contributed by atoms with Crippen molar-refractivity contribution in [2.24, 2.45) is 4.99 Å². The van der Waals surface area contributed by atoms with Crippen LogP contribution >= 0.6 is 0 Å². The molecule has 0 heterocycles. The summed E-state index contributed by atoms with van der Waals surface area (Å²) >= 11 is 0. The van der Waals surface area contributed by atoms with Gasteiger partial charge in [-0.05, 0) is 31.5 Å². The van der Waals surface area contributed by atoms with Gasteiger partial charge < -0.3 is 20.7 Å². The summed E-state index contributed by atoms with van der Waals surface area (Å²) in [6.45, 7) is 5.98. The minimum Gasteiger partial charge on any atom is -0.497 e. The van der Waals surface area contributed by atoms with Gasteiger partial charge in [-0.3, -0.25) is 4.79 Å². The molecule has 0 aliphatic rings. The average molecular weight is 292 g/mol. The molecule has 0 radical (unpaired) electrons. The summed E-state index contributed by atoms with van der Waals surface area (Å²) in [5, 5.41) is 8.84. The van der Waals surface area contributed by atoms with Crippen molar-refractivity contribution in [2.75, 3.05) is 26.7 Å². The average Bonchev–Trinajstić information content (AvgIpc) is 2.51. The van der Waals surface area contributed by atoms with Gasteiger partial charge in [-0.25, -0.2) is 4.99 Å². The Morgan fingerprint density at radius 2 is 1.76 bits per heavy atom. The molecule has 0 saturated heterocycles. The van der Waals surface area contributed by atoms with Gasteiger partial charge in [0, 0.05) is 13.1 Å². The largest absolute Gasteiger partial charge is 0.497 e. The van der Waals surface area contributed by atoms with Crippen molar-refractivity contribution in [2.45, 2.75) is 20.4 Å². The summed E-state index contributed by atoms with van der Waals surface area (Å²) in [6.07, 6.45) is 0. The van der Waals surface area contributed by atoms with E-state index in [0.29, 0.717) is 19.0 Å². The molecule has 0 unspecified atom stereocenters. The zero-order valence-corrected chi connectivity index (χ0v) is 12.9. The second-order valence-corrected chi connectivity index (χ2v) is 4.35. The van der Waals surface area contributed by atoms with E-state index in [4.69, 9.17) is 4.74 Å². The monoisotopic (exact) mass is 292 g/mol. The Balaban J connectivity index is 2.55. The third-order valence-corrected chi connectivity index (χ3v) is 2.71. The molecular formula is C15H24N4O2. The van der Waals surface area contributed by atoms with E-state index < -0.39 is 0 Å². The fourth-order valence-corrected chi connectivity index (χ4v) is 1.67. The number of nitrogens with zero attached hydrogens (tertiary/aromatic N) is 1. The number of likely N-dealkylation sites (N-methyl/N-ethyl adjacent to an activating group) is 1. The number of hydrogen-bond acceptors (Lipinski definition) is 3. The van der Waals surface area contributed by atoms with E-state index in [9.17, 15) is 4.79 Å². The molecule has 0 fully saturated rings. The Kier molecular flexibility index (Phi) is 7.71. The van der Waals surface area contributed by atoms with Crippen LogP contribution in [-0.2, 0) is 11.3 Å². The molecule has 21 heavy (non-hydrogen) atoms. The third kappa shape index (κ3) is 6.65. The van der Waals surface area contributed by atoms with E-state index in [1.807, 2.05) is 38.1 Å². The van der Waals surface area contributed by atoms with E-state index in [0.717, 1.165) is 17.9 Å². The molecule has 6 heteroatoms. The van der Waals surface area contributed by atoms with Gasteiger partial charge in [0.15, 0.2) is 5.96 Å². The number of aliphatic imine (C=N–C) groups is 1. The van der Waals surface area contributed by atoms with Gasteiger partial charge >= 0.3 is 0 Å². The van der Waals surface area contributed by atoms with Crippen LogP contribution in [0.1, 0.15) is 19.4 Å². The van der Waals surface area contributed by atoms with Crippen LogP contribution < -0.4 is 20.7 Å². The zero-order chi connectivity index (χ0) is 15.5. The number of nitrogens with one attached hydrogen (secondary N) is 3. The van der Waals surface area contributed by atoms with Gasteiger partial charge in [0.2, 0.25) is 5.91 Å². The van der Waals surface area contributed by atoms with Gasteiger partial charge in [0.25, 0.3) is 0 Å². The molecule has 0 aliphatic heterocycles. The van der Waals surface area contributed by atoms with Crippen molar-refractivity contribution in [1.29, 1.82) is 0 Å². The highest BCUT2D eigenvalue weighted by Crippen LogP contribution is 2.11. The first-order valence-electron chi connectivity index (χ1n) is 7.11. The van der Waals surface area contributed by atoms with Crippen LogP contribution in [0.4, 0.5) is 0 Å². The maximum absolute atomic E-state index is 11.4. The number of amides is 1. The highest BCUT2D eigenvalue weighted by molar-refractivity contribution is 5.86. The summed E-state index contributed by atoms with van der Waals surface area (Å²) in [6, 6.07) is 7.74. The number of carbonyl (C=O) groups excluding carboxylic acids is 1. The van der Waals surface area contributed by atoms with E-state index in [1.165, 1.54) is 0 Å². The SMILES string of the molecule is CCNC(=O)CNC(=NCc1ccc(OC)cc1)NCC. The Labute approximate surface area is 126 Å². The molecule has 0 saturated carbocycles. The van der Waals surface area contributed by atoms with Crippen LogP contribution in [0.2, 0.25) is 0 Å². The molecule has 1 aromatic rings. The molecule has 116 valence electrons. The van der Waals surface area contributed by atoms with Crippen molar-refractivity contribution < 1.29 is 9.53 Å². The lowest BCUT2D eigenvalue weighted by Crippen LogP contribution is -2.43. The lowest BCUT2D eigenvalue weighted by Gasteiger charge is -2.11. The maximum Gasteiger partial charge on any atom is 0.239 e. The molecular weight excluding hydrogens is 268 g/mol. The number of benzene rings is 1. The summed E-state index contributed by atoms with van der Waals surface area (Å²) in [5.74, 6) is 1.40. The van der Waals surface area contributed by atoms with Gasteiger partial charge in [-0.1, -0.05) is 12.1 Å².